The number of alkyl halides is 3. The Labute approximate surface area is 185 Å². The van der Waals surface area contributed by atoms with Crippen LogP contribution in [0, 0.1) is 17.8 Å². The molecule has 2 heterocycles. The van der Waals surface area contributed by atoms with Crippen LogP contribution in [0.15, 0.2) is 18.2 Å². The second-order valence-corrected chi connectivity index (χ2v) is 10.7. The second kappa shape index (κ2) is 6.90. The van der Waals surface area contributed by atoms with E-state index in [0.29, 0.717) is 10.7 Å². The quantitative estimate of drug-likeness (QED) is 0.548. The summed E-state index contributed by atoms with van der Waals surface area (Å²) >= 11 is 6.44. The fourth-order valence-electron chi connectivity index (χ4n) is 7.35. The van der Waals surface area contributed by atoms with Crippen molar-refractivity contribution < 1.29 is 13.2 Å². The monoisotopic (exact) mass is 449 g/mol. The van der Waals surface area contributed by atoms with Gasteiger partial charge in [-0.25, -0.2) is 4.68 Å². The molecule has 4 aliphatic carbocycles. The summed E-state index contributed by atoms with van der Waals surface area (Å²) in [5, 5.41) is 8.86. The van der Waals surface area contributed by atoms with Crippen LogP contribution in [-0.2, 0) is 18.0 Å². The van der Waals surface area contributed by atoms with Crippen molar-refractivity contribution in [3.8, 4) is 5.69 Å². The van der Waals surface area contributed by atoms with Gasteiger partial charge in [-0.1, -0.05) is 11.6 Å². The summed E-state index contributed by atoms with van der Waals surface area (Å²) in [4.78, 5) is 0. The first-order chi connectivity index (χ1) is 14.8. The highest BCUT2D eigenvalue weighted by molar-refractivity contribution is 6.32. The molecule has 166 valence electrons. The molecule has 3 nitrogen and oxygen atoms in total. The summed E-state index contributed by atoms with van der Waals surface area (Å²) in [6.07, 6.45) is 6.21. The molecular formula is C24H27ClF3N3. The molecule has 4 saturated carbocycles. The first-order valence-corrected chi connectivity index (χ1v) is 11.9. The lowest BCUT2D eigenvalue weighted by Gasteiger charge is -2.56. The molecule has 0 unspecified atom stereocenters. The average Bonchev–Trinajstić information content (AvgIpc) is 2.89. The van der Waals surface area contributed by atoms with Crippen molar-refractivity contribution in [2.45, 2.75) is 69.4 Å². The van der Waals surface area contributed by atoms with Gasteiger partial charge in [0.15, 0.2) is 0 Å². The summed E-state index contributed by atoms with van der Waals surface area (Å²) in [7, 11) is 0. The largest absolute Gasteiger partial charge is 0.416 e. The minimum Gasteiger partial charge on any atom is -0.370 e. The summed E-state index contributed by atoms with van der Waals surface area (Å²) < 4.78 is 42.0. The van der Waals surface area contributed by atoms with Crippen LogP contribution in [0.5, 0.6) is 0 Å². The van der Waals surface area contributed by atoms with E-state index in [2.05, 4.69) is 5.32 Å². The number of nitrogens with one attached hydrogen (secondary N) is 1. The van der Waals surface area contributed by atoms with Gasteiger partial charge in [-0.2, -0.15) is 18.3 Å². The highest BCUT2D eigenvalue weighted by atomic mass is 35.5. The molecule has 1 aromatic heterocycles. The van der Waals surface area contributed by atoms with Gasteiger partial charge in [-0.05, 0) is 93.7 Å². The predicted octanol–water partition coefficient (Wildman–Crippen LogP) is 6.76. The molecule has 1 aromatic carbocycles. The maximum absolute atomic E-state index is 13.4. The van der Waals surface area contributed by atoms with Crippen molar-refractivity contribution in [3.63, 3.8) is 0 Å². The molecule has 7 heteroatoms. The zero-order valence-electron chi connectivity index (χ0n) is 17.4. The Kier molecular flexibility index (Phi) is 4.44. The van der Waals surface area contributed by atoms with Gasteiger partial charge < -0.3 is 5.32 Å². The van der Waals surface area contributed by atoms with E-state index >= 15 is 0 Å². The summed E-state index contributed by atoms with van der Waals surface area (Å²) in [5.74, 6) is 3.19. The van der Waals surface area contributed by atoms with E-state index < -0.39 is 11.7 Å². The van der Waals surface area contributed by atoms with Gasteiger partial charge in [0.2, 0.25) is 0 Å². The van der Waals surface area contributed by atoms with E-state index in [-0.39, 0.29) is 5.41 Å². The van der Waals surface area contributed by atoms with Crippen molar-refractivity contribution >= 4 is 17.4 Å². The van der Waals surface area contributed by atoms with Crippen LogP contribution in [0.3, 0.4) is 0 Å². The molecule has 1 N–H and O–H groups in total. The third-order valence-corrected chi connectivity index (χ3v) is 8.49. The highest BCUT2D eigenvalue weighted by Gasteiger charge is 2.54. The van der Waals surface area contributed by atoms with Crippen LogP contribution in [-0.4, -0.2) is 16.3 Å². The Bertz CT molecular complexity index is 991. The maximum Gasteiger partial charge on any atom is 0.416 e. The Morgan fingerprint density at radius 1 is 1.03 bits per heavy atom. The van der Waals surface area contributed by atoms with Gasteiger partial charge in [0.25, 0.3) is 0 Å². The second-order valence-electron chi connectivity index (χ2n) is 10.3. The summed E-state index contributed by atoms with van der Waals surface area (Å²) in [5.41, 5.74) is 2.07. The summed E-state index contributed by atoms with van der Waals surface area (Å²) in [6.45, 7) is 0.801. The number of aromatic nitrogens is 2. The van der Waals surface area contributed by atoms with Crippen molar-refractivity contribution in [2.24, 2.45) is 17.8 Å². The lowest BCUT2D eigenvalue weighted by Crippen LogP contribution is -2.49. The lowest BCUT2D eigenvalue weighted by molar-refractivity contribution is -0.137. The number of hydrogen-bond donors (Lipinski definition) is 1. The van der Waals surface area contributed by atoms with E-state index in [1.54, 1.807) is 4.68 Å². The van der Waals surface area contributed by atoms with Crippen LogP contribution < -0.4 is 5.32 Å². The molecule has 0 radical (unpaired) electrons. The minimum atomic E-state index is -4.42. The van der Waals surface area contributed by atoms with Crippen LogP contribution in [0.2, 0.25) is 5.02 Å². The van der Waals surface area contributed by atoms with Gasteiger partial charge in [0.05, 0.1) is 22.0 Å². The van der Waals surface area contributed by atoms with Gasteiger partial charge in [-0.3, -0.25) is 0 Å². The van der Waals surface area contributed by atoms with E-state index in [9.17, 15) is 13.2 Å². The first-order valence-electron chi connectivity index (χ1n) is 11.6. The standard InChI is InChI=1S/C24H27ClF3N3/c25-19-5-4-17(24(26,27)28)10-20(19)31-22-18(3-1-2-6-29-22)21(30-31)23-11-14-7-15(12-23)9-16(8-14)13-23/h4-5,10,14-16,29H,1-3,6-9,11-13H2. The summed E-state index contributed by atoms with van der Waals surface area (Å²) in [6, 6.07) is 3.53. The molecule has 4 fully saturated rings. The molecule has 2 aromatic rings. The molecule has 0 spiro atoms. The SMILES string of the molecule is FC(F)(F)c1ccc(Cl)c(-n2nc(C34CC5CC(CC(C5)C3)C4)c3c2NCCCC3)c1. The smallest absolute Gasteiger partial charge is 0.370 e. The third kappa shape index (κ3) is 3.20. The fourth-order valence-corrected chi connectivity index (χ4v) is 7.55. The zero-order valence-corrected chi connectivity index (χ0v) is 18.2. The molecule has 1 aliphatic heterocycles. The number of fused-ring (bicyclic) bond motifs is 1. The van der Waals surface area contributed by atoms with Gasteiger partial charge >= 0.3 is 6.18 Å². The van der Waals surface area contributed by atoms with Crippen molar-refractivity contribution in [1.82, 2.24) is 9.78 Å². The number of benzene rings is 1. The normalized spacial score (nSPS) is 31.9. The van der Waals surface area contributed by atoms with E-state index in [1.165, 1.54) is 50.2 Å². The van der Waals surface area contributed by atoms with Crippen molar-refractivity contribution in [2.75, 3.05) is 11.9 Å². The molecule has 4 bridgehead atoms. The van der Waals surface area contributed by atoms with E-state index in [4.69, 9.17) is 16.7 Å². The number of nitrogens with zero attached hydrogens (tertiary/aromatic N) is 2. The zero-order chi connectivity index (χ0) is 21.4. The molecular weight excluding hydrogens is 423 g/mol. The number of halogens is 4. The third-order valence-electron chi connectivity index (χ3n) is 8.17. The maximum atomic E-state index is 13.4. The van der Waals surface area contributed by atoms with Gasteiger partial charge in [0, 0.05) is 17.5 Å². The first kappa shape index (κ1) is 20.0. The molecule has 5 aliphatic rings. The average molecular weight is 450 g/mol. The van der Waals surface area contributed by atoms with Crippen molar-refractivity contribution in [3.05, 3.63) is 40.0 Å². The number of rotatable bonds is 2. The topological polar surface area (TPSA) is 29.9 Å². The molecule has 0 saturated heterocycles. The van der Waals surface area contributed by atoms with Crippen LogP contribution in [0.4, 0.5) is 19.0 Å². The van der Waals surface area contributed by atoms with E-state index in [1.807, 2.05) is 0 Å². The number of anilines is 1. The van der Waals surface area contributed by atoms with Crippen LogP contribution >= 0.6 is 11.6 Å². The Morgan fingerprint density at radius 2 is 1.71 bits per heavy atom. The molecule has 7 rings (SSSR count). The van der Waals surface area contributed by atoms with Gasteiger partial charge in [-0.15, -0.1) is 0 Å². The predicted molar refractivity (Wildman–Crippen MR) is 115 cm³/mol. The molecule has 0 atom stereocenters. The molecule has 31 heavy (non-hydrogen) atoms. The van der Waals surface area contributed by atoms with Gasteiger partial charge in [0.1, 0.15) is 5.82 Å². The van der Waals surface area contributed by atoms with E-state index in [0.717, 1.165) is 67.2 Å². The van der Waals surface area contributed by atoms with Crippen LogP contribution in [0.25, 0.3) is 5.69 Å². The van der Waals surface area contributed by atoms with Crippen molar-refractivity contribution in [1.29, 1.82) is 0 Å². The Balaban J connectivity index is 1.52. The minimum absolute atomic E-state index is 0.0875. The lowest BCUT2D eigenvalue weighted by atomic mass is 9.48. The molecule has 0 amide bonds. The number of hydrogen-bond acceptors (Lipinski definition) is 2. The van der Waals surface area contributed by atoms with Crippen LogP contribution in [0.1, 0.15) is 68.2 Å². The Hall–Kier alpha value is -1.69. The highest BCUT2D eigenvalue weighted by Crippen LogP contribution is 2.61. The fraction of sp³-hybridized carbons (Fsp3) is 0.625. The Morgan fingerprint density at radius 3 is 2.35 bits per heavy atom.